The molecule has 0 aliphatic rings. The van der Waals surface area contributed by atoms with Gasteiger partial charge < -0.3 is 0 Å². The third-order valence-corrected chi connectivity index (χ3v) is 2.92. The summed E-state index contributed by atoms with van der Waals surface area (Å²) in [5.41, 5.74) is 3.63. The Balaban J connectivity index is 2.07. The third-order valence-electron chi connectivity index (χ3n) is 2.92. The second-order valence-electron chi connectivity index (χ2n) is 4.18. The highest BCUT2D eigenvalue weighted by molar-refractivity contribution is 5.81. The van der Waals surface area contributed by atoms with E-state index in [9.17, 15) is 0 Å². The maximum absolute atomic E-state index is 4.44. The van der Waals surface area contributed by atoms with E-state index in [1.165, 1.54) is 22.0 Å². The number of aryl methyl sites for hydroxylation is 1. The van der Waals surface area contributed by atoms with Gasteiger partial charge in [0.25, 0.3) is 0 Å². The number of fused-ring (bicyclic) bond motifs is 1. The quantitative estimate of drug-likeness (QED) is 0.668. The molecule has 2 aromatic heterocycles. The molecule has 17 heavy (non-hydrogen) atoms. The molecule has 0 atom stereocenters. The average Bonchev–Trinajstić information content (AvgIpc) is 2.75. The highest BCUT2D eigenvalue weighted by atomic mass is 15.3. The summed E-state index contributed by atoms with van der Waals surface area (Å²) in [6.45, 7) is 2.88. The van der Waals surface area contributed by atoms with Crippen molar-refractivity contribution in [3.8, 4) is 0 Å². The van der Waals surface area contributed by atoms with E-state index in [1.807, 2.05) is 23.1 Å². The Labute approximate surface area is 99.7 Å². The van der Waals surface area contributed by atoms with Crippen molar-refractivity contribution in [2.75, 3.05) is 0 Å². The molecule has 0 saturated heterocycles. The second-order valence-corrected chi connectivity index (χ2v) is 4.18. The summed E-state index contributed by atoms with van der Waals surface area (Å²) in [6.07, 6.45) is 5.58. The largest absolute Gasteiger partial charge is 0.264 e. The SMILES string of the molecule is Cc1cccc2cnn(Cc3cccnc3)c12. The lowest BCUT2D eigenvalue weighted by atomic mass is 10.1. The number of para-hydroxylation sites is 1. The first-order valence-electron chi connectivity index (χ1n) is 5.64. The second kappa shape index (κ2) is 4.01. The molecule has 3 nitrogen and oxygen atoms in total. The molecule has 0 N–H and O–H groups in total. The van der Waals surface area contributed by atoms with E-state index in [4.69, 9.17) is 0 Å². The normalized spacial score (nSPS) is 10.9. The average molecular weight is 223 g/mol. The van der Waals surface area contributed by atoms with E-state index in [2.05, 4.69) is 41.3 Å². The van der Waals surface area contributed by atoms with E-state index < -0.39 is 0 Å². The monoisotopic (exact) mass is 223 g/mol. The molecule has 3 rings (SSSR count). The molecule has 3 heteroatoms. The van der Waals surface area contributed by atoms with Crippen molar-refractivity contribution in [3.63, 3.8) is 0 Å². The minimum absolute atomic E-state index is 0.766. The first kappa shape index (κ1) is 10.0. The Bertz CT molecular complexity index is 641. The highest BCUT2D eigenvalue weighted by Crippen LogP contribution is 2.18. The number of rotatable bonds is 2. The van der Waals surface area contributed by atoms with E-state index in [-0.39, 0.29) is 0 Å². The van der Waals surface area contributed by atoms with E-state index in [1.54, 1.807) is 6.20 Å². The molecule has 0 spiro atoms. The number of hydrogen-bond acceptors (Lipinski definition) is 2. The Morgan fingerprint density at radius 3 is 2.88 bits per heavy atom. The van der Waals surface area contributed by atoms with Crippen LogP contribution in [0.1, 0.15) is 11.1 Å². The molecule has 3 aromatic rings. The minimum atomic E-state index is 0.766. The van der Waals surface area contributed by atoms with E-state index >= 15 is 0 Å². The van der Waals surface area contributed by atoms with Crippen molar-refractivity contribution in [2.45, 2.75) is 13.5 Å². The fraction of sp³-hybridized carbons (Fsp3) is 0.143. The van der Waals surface area contributed by atoms with E-state index in [0.29, 0.717) is 0 Å². The first-order chi connectivity index (χ1) is 8.34. The first-order valence-corrected chi connectivity index (χ1v) is 5.64. The summed E-state index contributed by atoms with van der Waals surface area (Å²) in [5.74, 6) is 0. The lowest BCUT2D eigenvalue weighted by Gasteiger charge is -2.05. The van der Waals surface area contributed by atoms with Crippen molar-refractivity contribution in [2.24, 2.45) is 0 Å². The highest BCUT2D eigenvalue weighted by Gasteiger charge is 2.05. The molecule has 0 radical (unpaired) electrons. The van der Waals surface area contributed by atoms with Crippen molar-refractivity contribution < 1.29 is 0 Å². The fourth-order valence-corrected chi connectivity index (χ4v) is 2.11. The van der Waals surface area contributed by atoms with Gasteiger partial charge in [-0.25, -0.2) is 0 Å². The van der Waals surface area contributed by atoms with Crippen LogP contribution in [-0.4, -0.2) is 14.8 Å². The standard InChI is InChI=1S/C14H13N3/c1-11-4-2-6-13-9-16-17(14(11)13)10-12-5-3-7-15-8-12/h2-9H,10H2,1H3. The lowest BCUT2D eigenvalue weighted by Crippen LogP contribution is -2.02. The summed E-state index contributed by atoms with van der Waals surface area (Å²) >= 11 is 0. The van der Waals surface area contributed by atoms with Crippen LogP contribution in [0.4, 0.5) is 0 Å². The van der Waals surface area contributed by atoms with Crippen LogP contribution in [0, 0.1) is 6.92 Å². The van der Waals surface area contributed by atoms with Crippen LogP contribution in [0.3, 0.4) is 0 Å². The number of hydrogen-bond donors (Lipinski definition) is 0. The zero-order chi connectivity index (χ0) is 11.7. The van der Waals surface area contributed by atoms with Crippen molar-refractivity contribution >= 4 is 10.9 Å². The van der Waals surface area contributed by atoms with Gasteiger partial charge in [0.2, 0.25) is 0 Å². The van der Waals surface area contributed by atoms with Gasteiger partial charge in [-0.3, -0.25) is 9.67 Å². The molecule has 0 amide bonds. The molecular weight excluding hydrogens is 210 g/mol. The van der Waals surface area contributed by atoms with Crippen molar-refractivity contribution in [3.05, 3.63) is 60.0 Å². The number of pyridine rings is 1. The topological polar surface area (TPSA) is 30.7 Å². The molecule has 84 valence electrons. The predicted molar refractivity (Wildman–Crippen MR) is 67.8 cm³/mol. The summed E-state index contributed by atoms with van der Waals surface area (Å²) < 4.78 is 2.03. The molecule has 0 aliphatic heterocycles. The maximum Gasteiger partial charge on any atom is 0.0715 e. The molecule has 2 heterocycles. The smallest absolute Gasteiger partial charge is 0.0715 e. The van der Waals surface area contributed by atoms with Crippen LogP contribution in [0.2, 0.25) is 0 Å². The number of aromatic nitrogens is 3. The van der Waals surface area contributed by atoms with E-state index in [0.717, 1.165) is 6.54 Å². The zero-order valence-corrected chi connectivity index (χ0v) is 9.67. The summed E-state index contributed by atoms with van der Waals surface area (Å²) in [4.78, 5) is 4.13. The van der Waals surface area contributed by atoms with Gasteiger partial charge in [-0.2, -0.15) is 5.10 Å². The third kappa shape index (κ3) is 1.80. The molecule has 0 unspecified atom stereocenters. The maximum atomic E-state index is 4.44. The van der Waals surface area contributed by atoms with Gasteiger partial charge in [0.1, 0.15) is 0 Å². The zero-order valence-electron chi connectivity index (χ0n) is 9.67. The Morgan fingerprint density at radius 1 is 1.12 bits per heavy atom. The van der Waals surface area contributed by atoms with Gasteiger partial charge in [0, 0.05) is 17.8 Å². The predicted octanol–water partition coefficient (Wildman–Crippen LogP) is 2.79. The van der Waals surface area contributed by atoms with Gasteiger partial charge in [0.15, 0.2) is 0 Å². The Morgan fingerprint density at radius 2 is 2.06 bits per heavy atom. The summed E-state index contributed by atoms with van der Waals surface area (Å²) in [6, 6.07) is 10.3. The van der Waals surface area contributed by atoms with Crippen LogP contribution in [-0.2, 0) is 6.54 Å². The van der Waals surface area contributed by atoms with Gasteiger partial charge in [0.05, 0.1) is 18.3 Å². The van der Waals surface area contributed by atoms with Crippen LogP contribution >= 0.6 is 0 Å². The number of benzene rings is 1. The number of nitrogens with zero attached hydrogens (tertiary/aromatic N) is 3. The molecule has 0 bridgehead atoms. The summed E-state index contributed by atoms with van der Waals surface area (Å²) in [5, 5.41) is 5.63. The molecule has 1 aromatic carbocycles. The minimum Gasteiger partial charge on any atom is -0.264 e. The molecule has 0 aliphatic carbocycles. The van der Waals surface area contributed by atoms with Crippen molar-refractivity contribution in [1.82, 2.24) is 14.8 Å². The Hall–Kier alpha value is -2.16. The molecule has 0 fully saturated rings. The fourth-order valence-electron chi connectivity index (χ4n) is 2.11. The lowest BCUT2D eigenvalue weighted by molar-refractivity contribution is 0.708. The van der Waals surface area contributed by atoms with Gasteiger partial charge in [-0.1, -0.05) is 24.3 Å². The van der Waals surface area contributed by atoms with Gasteiger partial charge in [-0.05, 0) is 24.1 Å². The summed E-state index contributed by atoms with van der Waals surface area (Å²) in [7, 11) is 0. The molecular formula is C14H13N3. The van der Waals surface area contributed by atoms with Crippen molar-refractivity contribution in [1.29, 1.82) is 0 Å². The van der Waals surface area contributed by atoms with Crippen LogP contribution in [0.15, 0.2) is 48.9 Å². The van der Waals surface area contributed by atoms with Crippen LogP contribution < -0.4 is 0 Å². The van der Waals surface area contributed by atoms with Gasteiger partial charge in [-0.15, -0.1) is 0 Å². The van der Waals surface area contributed by atoms with Gasteiger partial charge >= 0.3 is 0 Å². The Kier molecular flexibility index (Phi) is 2.37. The molecule has 0 saturated carbocycles. The van der Waals surface area contributed by atoms with Crippen LogP contribution in [0.25, 0.3) is 10.9 Å². The van der Waals surface area contributed by atoms with Crippen LogP contribution in [0.5, 0.6) is 0 Å².